The molecule has 27 heavy (non-hydrogen) atoms. The van der Waals surface area contributed by atoms with E-state index in [2.05, 4.69) is 5.32 Å². The summed E-state index contributed by atoms with van der Waals surface area (Å²) in [7, 11) is 0. The Bertz CT molecular complexity index is 1150. The van der Waals surface area contributed by atoms with Crippen LogP contribution in [0.3, 0.4) is 0 Å². The van der Waals surface area contributed by atoms with Gasteiger partial charge in [-0.1, -0.05) is 23.2 Å². The Labute approximate surface area is 163 Å². The molecule has 0 saturated heterocycles. The molecule has 6 nitrogen and oxygen atoms in total. The number of anilines is 1. The van der Waals surface area contributed by atoms with E-state index in [1.54, 1.807) is 19.1 Å². The van der Waals surface area contributed by atoms with Gasteiger partial charge in [0.15, 0.2) is 6.61 Å². The molecule has 2 aromatic carbocycles. The lowest BCUT2D eigenvalue weighted by molar-refractivity contribution is -0.118. The predicted molar refractivity (Wildman–Crippen MR) is 103 cm³/mol. The van der Waals surface area contributed by atoms with Gasteiger partial charge in [0.05, 0.1) is 16.3 Å². The quantitative estimate of drug-likeness (QED) is 0.656. The third-order valence-electron chi connectivity index (χ3n) is 3.74. The van der Waals surface area contributed by atoms with E-state index in [4.69, 9.17) is 37.6 Å². The second-order valence-corrected chi connectivity index (χ2v) is 6.51. The third kappa shape index (κ3) is 4.22. The topological polar surface area (TPSA) is 92.3 Å². The number of carbonyl (C=O) groups is 1. The monoisotopic (exact) mass is 402 g/mol. The van der Waals surface area contributed by atoms with Gasteiger partial charge in [0.25, 0.3) is 5.91 Å². The zero-order valence-electron chi connectivity index (χ0n) is 14.0. The Hall–Kier alpha value is -3.01. The fraction of sp³-hybridized carbons (Fsp3) is 0.105. The summed E-state index contributed by atoms with van der Waals surface area (Å²) in [6.45, 7) is 1.40. The van der Waals surface area contributed by atoms with Crippen LogP contribution >= 0.6 is 23.2 Å². The number of rotatable bonds is 4. The summed E-state index contributed by atoms with van der Waals surface area (Å²) >= 11 is 12.1. The van der Waals surface area contributed by atoms with Gasteiger partial charge in [-0.2, -0.15) is 5.26 Å². The Balaban J connectivity index is 1.78. The number of aryl methyl sites for hydroxylation is 1. The van der Waals surface area contributed by atoms with Gasteiger partial charge in [-0.3, -0.25) is 4.79 Å². The van der Waals surface area contributed by atoms with E-state index in [1.165, 1.54) is 24.3 Å². The smallest absolute Gasteiger partial charge is 0.336 e. The molecule has 0 spiro atoms. The van der Waals surface area contributed by atoms with Crippen LogP contribution in [0, 0.1) is 18.3 Å². The number of nitrogens with zero attached hydrogens (tertiary/aromatic N) is 1. The molecule has 3 aromatic rings. The van der Waals surface area contributed by atoms with Crippen molar-refractivity contribution in [1.29, 1.82) is 5.26 Å². The number of hydrogen-bond donors (Lipinski definition) is 1. The van der Waals surface area contributed by atoms with E-state index in [9.17, 15) is 9.59 Å². The van der Waals surface area contributed by atoms with Gasteiger partial charge < -0.3 is 14.5 Å². The number of hydrogen-bond acceptors (Lipinski definition) is 5. The van der Waals surface area contributed by atoms with Crippen LogP contribution in [0.1, 0.15) is 11.1 Å². The van der Waals surface area contributed by atoms with Gasteiger partial charge >= 0.3 is 5.63 Å². The van der Waals surface area contributed by atoms with Gasteiger partial charge in [-0.15, -0.1) is 0 Å². The number of ether oxygens (including phenoxy) is 1. The molecule has 1 aromatic heterocycles. The molecular weight excluding hydrogens is 391 g/mol. The second-order valence-electron chi connectivity index (χ2n) is 5.67. The summed E-state index contributed by atoms with van der Waals surface area (Å²) < 4.78 is 10.6. The molecule has 0 atom stereocenters. The lowest BCUT2D eigenvalue weighted by atomic mass is 10.1. The van der Waals surface area contributed by atoms with Crippen molar-refractivity contribution in [3.63, 3.8) is 0 Å². The van der Waals surface area contributed by atoms with Crippen molar-refractivity contribution in [2.75, 3.05) is 11.9 Å². The summed E-state index contributed by atoms with van der Waals surface area (Å²) in [6, 6.07) is 10.9. The molecule has 0 fully saturated rings. The first kappa shape index (κ1) is 18.8. The second kappa shape index (κ2) is 7.70. The normalized spacial score (nSPS) is 10.4. The van der Waals surface area contributed by atoms with Crippen molar-refractivity contribution in [2.24, 2.45) is 0 Å². The number of amides is 1. The molecule has 0 saturated carbocycles. The van der Waals surface area contributed by atoms with Crippen LogP contribution in [0.5, 0.6) is 5.75 Å². The lowest BCUT2D eigenvalue weighted by Gasteiger charge is -2.11. The maximum atomic E-state index is 12.1. The van der Waals surface area contributed by atoms with Crippen LogP contribution in [0.15, 0.2) is 45.6 Å². The highest BCUT2D eigenvalue weighted by Crippen LogP contribution is 2.31. The standard InChI is InChI=1S/C19H12Cl2N2O4/c1-10-4-19(25)27-16-7-17(14(21)6-13(10)16)26-9-18(24)23-15-5-12(20)3-2-11(15)8-22/h2-7H,9H2,1H3,(H,23,24). The molecule has 1 amide bonds. The van der Waals surface area contributed by atoms with E-state index < -0.39 is 11.5 Å². The first-order valence-corrected chi connectivity index (χ1v) is 8.49. The van der Waals surface area contributed by atoms with E-state index in [-0.39, 0.29) is 28.6 Å². The minimum atomic E-state index is -0.504. The van der Waals surface area contributed by atoms with Crippen LogP contribution in [0.4, 0.5) is 5.69 Å². The van der Waals surface area contributed by atoms with Crippen molar-refractivity contribution in [2.45, 2.75) is 6.92 Å². The molecule has 0 aliphatic carbocycles. The zero-order chi connectivity index (χ0) is 19.6. The van der Waals surface area contributed by atoms with E-state index >= 15 is 0 Å². The molecule has 0 aliphatic rings. The minimum Gasteiger partial charge on any atom is -0.482 e. The van der Waals surface area contributed by atoms with Crippen molar-refractivity contribution < 1.29 is 13.9 Å². The molecule has 1 heterocycles. The van der Waals surface area contributed by atoms with Crippen LogP contribution in [-0.4, -0.2) is 12.5 Å². The summed E-state index contributed by atoms with van der Waals surface area (Å²) in [5, 5.41) is 13.0. The van der Waals surface area contributed by atoms with Gasteiger partial charge in [0.2, 0.25) is 0 Å². The number of nitriles is 1. The van der Waals surface area contributed by atoms with Crippen molar-refractivity contribution in [1.82, 2.24) is 0 Å². The molecule has 3 rings (SSSR count). The van der Waals surface area contributed by atoms with Gasteiger partial charge in [0.1, 0.15) is 17.4 Å². The van der Waals surface area contributed by atoms with E-state index in [0.717, 1.165) is 5.56 Å². The molecule has 0 aliphatic heterocycles. The first-order chi connectivity index (χ1) is 12.9. The Morgan fingerprint density at radius 3 is 2.78 bits per heavy atom. The molecular formula is C19H12Cl2N2O4. The van der Waals surface area contributed by atoms with Crippen molar-refractivity contribution in [3.05, 3.63) is 68.0 Å². The molecule has 0 bridgehead atoms. The predicted octanol–water partition coefficient (Wildman–Crippen LogP) is 4.30. The highest BCUT2D eigenvalue weighted by Gasteiger charge is 2.12. The molecule has 0 radical (unpaired) electrons. The van der Waals surface area contributed by atoms with Crippen LogP contribution < -0.4 is 15.7 Å². The number of halogens is 2. The number of benzene rings is 2. The fourth-order valence-corrected chi connectivity index (χ4v) is 2.87. The van der Waals surface area contributed by atoms with E-state index in [1.807, 2.05) is 6.07 Å². The Morgan fingerprint density at radius 2 is 2.04 bits per heavy atom. The van der Waals surface area contributed by atoms with Gasteiger partial charge in [-0.05, 0) is 36.8 Å². The summed E-state index contributed by atoms with van der Waals surface area (Å²) in [5.74, 6) is -0.310. The highest BCUT2D eigenvalue weighted by molar-refractivity contribution is 6.33. The maximum Gasteiger partial charge on any atom is 0.336 e. The zero-order valence-corrected chi connectivity index (χ0v) is 15.5. The van der Waals surface area contributed by atoms with Crippen LogP contribution in [0.2, 0.25) is 10.0 Å². The molecule has 8 heteroatoms. The fourth-order valence-electron chi connectivity index (χ4n) is 2.48. The van der Waals surface area contributed by atoms with Crippen LogP contribution in [-0.2, 0) is 4.79 Å². The average molecular weight is 403 g/mol. The molecule has 0 unspecified atom stereocenters. The highest BCUT2D eigenvalue weighted by atomic mass is 35.5. The SMILES string of the molecule is Cc1cc(=O)oc2cc(OCC(=O)Nc3cc(Cl)ccc3C#N)c(Cl)cc12. The first-order valence-electron chi connectivity index (χ1n) is 7.73. The number of carbonyl (C=O) groups excluding carboxylic acids is 1. The third-order valence-corrected chi connectivity index (χ3v) is 4.27. The largest absolute Gasteiger partial charge is 0.482 e. The molecule has 1 N–H and O–H groups in total. The maximum absolute atomic E-state index is 12.1. The Kier molecular flexibility index (Phi) is 5.36. The number of fused-ring (bicyclic) bond motifs is 1. The number of nitrogens with one attached hydrogen (secondary N) is 1. The minimum absolute atomic E-state index is 0.194. The summed E-state index contributed by atoms with van der Waals surface area (Å²) in [6.07, 6.45) is 0. The van der Waals surface area contributed by atoms with Crippen molar-refractivity contribution in [3.8, 4) is 11.8 Å². The van der Waals surface area contributed by atoms with Crippen molar-refractivity contribution >= 4 is 45.8 Å². The summed E-state index contributed by atoms with van der Waals surface area (Å²) in [5.41, 5.74) is 1.09. The van der Waals surface area contributed by atoms with E-state index in [0.29, 0.717) is 16.0 Å². The lowest BCUT2D eigenvalue weighted by Crippen LogP contribution is -2.20. The Morgan fingerprint density at radius 1 is 1.26 bits per heavy atom. The van der Waals surface area contributed by atoms with Gasteiger partial charge in [-0.25, -0.2) is 4.79 Å². The summed E-state index contributed by atoms with van der Waals surface area (Å²) in [4.78, 5) is 23.7. The molecule has 136 valence electrons. The van der Waals surface area contributed by atoms with Gasteiger partial charge in [0, 0.05) is 22.5 Å². The average Bonchev–Trinajstić information content (AvgIpc) is 2.61. The van der Waals surface area contributed by atoms with Crippen LogP contribution in [0.25, 0.3) is 11.0 Å².